The Morgan fingerprint density at radius 2 is 1.77 bits per heavy atom. The maximum Gasteiger partial charge on any atom is 0.434 e. The second-order valence-electron chi connectivity index (χ2n) is 15.1. The van der Waals surface area contributed by atoms with Gasteiger partial charge in [0.25, 0.3) is 5.91 Å². The van der Waals surface area contributed by atoms with Gasteiger partial charge in [0.05, 0.1) is 34.3 Å². The van der Waals surface area contributed by atoms with Crippen LogP contribution in [-0.4, -0.2) is 81.2 Å². The molecule has 2 aliphatic carbocycles. The molecule has 4 unspecified atom stereocenters. The molecule has 16 heteroatoms. The minimum Gasteiger partial charge on any atom is -0.490 e. The minimum absolute atomic E-state index is 0.0672. The lowest BCUT2D eigenvalue weighted by molar-refractivity contribution is -0.146. The molecule has 8 rings (SSSR count). The lowest BCUT2D eigenvalue weighted by Crippen LogP contribution is -2.57. The van der Waals surface area contributed by atoms with Crippen molar-refractivity contribution in [2.24, 2.45) is 17.8 Å². The van der Waals surface area contributed by atoms with Crippen LogP contribution in [0, 0.1) is 17.8 Å². The number of carboxylic acids is 1. The number of amides is 1. The van der Waals surface area contributed by atoms with Gasteiger partial charge in [-0.3, -0.25) is 4.79 Å². The number of aliphatic carboxylic acids is 1. The second kappa shape index (κ2) is 13.0. The molecule has 2 saturated carbocycles. The quantitative estimate of drug-likeness (QED) is 0.234. The van der Waals surface area contributed by atoms with Gasteiger partial charge < -0.3 is 24.6 Å². The molecule has 53 heavy (non-hydrogen) atoms. The summed E-state index contributed by atoms with van der Waals surface area (Å²) < 4.78 is 76.5. The van der Waals surface area contributed by atoms with Gasteiger partial charge in [-0.15, -0.1) is 0 Å². The third kappa shape index (κ3) is 6.59. The van der Waals surface area contributed by atoms with E-state index in [1.54, 1.807) is 47.4 Å². The highest BCUT2D eigenvalue weighted by molar-refractivity contribution is 7.92. The van der Waals surface area contributed by atoms with Crippen LogP contribution in [0.15, 0.2) is 55.0 Å². The number of carbonyl (C=O) groups excluding carboxylic acids is 1. The number of aromatic nitrogens is 4. The molecule has 2 saturated heterocycles. The first-order valence-electron chi connectivity index (χ1n) is 17.9. The zero-order valence-corrected chi connectivity index (χ0v) is 29.7. The monoisotopic (exact) mass is 752 g/mol. The van der Waals surface area contributed by atoms with E-state index in [0.717, 1.165) is 12.5 Å². The predicted octanol–water partition coefficient (Wildman–Crippen LogP) is 5.54. The smallest absolute Gasteiger partial charge is 0.434 e. The van der Waals surface area contributed by atoms with Gasteiger partial charge in [0, 0.05) is 61.5 Å². The SMILES string of the molecule is CC1CC2CC(C1)C(NC(=O)c1ccc(-c3cn(C4CS(=O)(=O)C4)c4cc(OC5CCN(c6ncccn6)CC5)ccc34)nc1C(F)(F)F)(C(=O)O)C2. The summed E-state index contributed by atoms with van der Waals surface area (Å²) in [6, 6.07) is 8.91. The summed E-state index contributed by atoms with van der Waals surface area (Å²) in [6.45, 7) is 3.40. The Balaban J connectivity index is 1.10. The average Bonchev–Trinajstić information content (AvgIpc) is 3.61. The third-order valence-electron chi connectivity index (χ3n) is 11.4. The molecule has 2 aliphatic heterocycles. The fraction of sp³-hybridized carbons (Fsp3) is 0.486. The maximum absolute atomic E-state index is 14.7. The number of nitrogens with zero attached hydrogens (tertiary/aromatic N) is 5. The van der Waals surface area contributed by atoms with Gasteiger partial charge >= 0.3 is 12.1 Å². The number of sulfone groups is 1. The summed E-state index contributed by atoms with van der Waals surface area (Å²) in [7, 11) is -3.25. The molecule has 280 valence electrons. The van der Waals surface area contributed by atoms with Crippen molar-refractivity contribution in [1.82, 2.24) is 24.8 Å². The second-order valence-corrected chi connectivity index (χ2v) is 17.3. The van der Waals surface area contributed by atoms with E-state index in [1.165, 1.54) is 6.07 Å². The highest BCUT2D eigenvalue weighted by Crippen LogP contribution is 2.51. The van der Waals surface area contributed by atoms with Crippen LogP contribution in [0.1, 0.15) is 67.5 Å². The third-order valence-corrected chi connectivity index (χ3v) is 13.2. The topological polar surface area (TPSA) is 157 Å². The standard InChI is InChI=1S/C37H39F3N6O6S/c1-21-13-22-15-23(14-21)36(17-22,34(48)49)44-33(47)28-5-6-30(43-32(28)37(38,39)40)29-18-46(24-19-53(50,51)20-24)31-16-26(3-4-27(29)31)52-25-7-11-45(12-8-25)35-41-9-2-10-42-35/h2-6,9-10,16,18,21-25H,7-8,11-15,17,19-20H2,1H3,(H,44,47)(H,48,49). The fourth-order valence-electron chi connectivity index (χ4n) is 9.01. The van der Waals surface area contributed by atoms with E-state index in [4.69, 9.17) is 4.74 Å². The summed E-state index contributed by atoms with van der Waals surface area (Å²) in [5, 5.41) is 13.3. The molecule has 5 heterocycles. The van der Waals surface area contributed by atoms with Crippen molar-refractivity contribution in [1.29, 1.82) is 0 Å². The molecule has 2 N–H and O–H groups in total. The molecule has 4 fully saturated rings. The van der Waals surface area contributed by atoms with Crippen LogP contribution in [0.25, 0.3) is 22.2 Å². The van der Waals surface area contributed by atoms with Crippen LogP contribution in [0.2, 0.25) is 0 Å². The highest BCUT2D eigenvalue weighted by Gasteiger charge is 2.56. The number of hydrogen-bond acceptors (Lipinski definition) is 9. The lowest BCUT2D eigenvalue weighted by atomic mass is 9.78. The minimum atomic E-state index is -5.04. The van der Waals surface area contributed by atoms with Gasteiger partial charge in [0.15, 0.2) is 15.5 Å². The molecule has 4 aromatic rings. The number of carboxylic acid groups (broad SMARTS) is 1. The fourth-order valence-corrected chi connectivity index (χ4v) is 10.4. The Morgan fingerprint density at radius 1 is 1.04 bits per heavy atom. The van der Waals surface area contributed by atoms with E-state index < -0.39 is 50.7 Å². The number of nitrogens with one attached hydrogen (secondary N) is 1. The van der Waals surface area contributed by atoms with E-state index >= 15 is 0 Å². The Morgan fingerprint density at radius 3 is 2.45 bits per heavy atom. The van der Waals surface area contributed by atoms with Crippen molar-refractivity contribution < 1.29 is 41.0 Å². The van der Waals surface area contributed by atoms with E-state index in [2.05, 4.69) is 25.2 Å². The number of halogens is 3. The summed E-state index contributed by atoms with van der Waals surface area (Å²) in [5.41, 5.74) is -3.01. The molecular weight excluding hydrogens is 714 g/mol. The van der Waals surface area contributed by atoms with Gasteiger partial charge in [-0.25, -0.2) is 28.2 Å². The van der Waals surface area contributed by atoms with Crippen molar-refractivity contribution in [3.63, 3.8) is 0 Å². The number of fused-ring (bicyclic) bond motifs is 3. The van der Waals surface area contributed by atoms with Crippen molar-refractivity contribution in [2.45, 2.75) is 69.3 Å². The largest absolute Gasteiger partial charge is 0.490 e. The summed E-state index contributed by atoms with van der Waals surface area (Å²) in [4.78, 5) is 40.9. The molecule has 12 nitrogen and oxygen atoms in total. The van der Waals surface area contributed by atoms with Gasteiger partial charge in [0.2, 0.25) is 5.95 Å². The zero-order chi connectivity index (χ0) is 37.3. The van der Waals surface area contributed by atoms with Gasteiger partial charge in [0.1, 0.15) is 17.4 Å². The molecule has 1 aromatic carbocycles. The van der Waals surface area contributed by atoms with Crippen LogP contribution in [0.4, 0.5) is 19.1 Å². The van der Waals surface area contributed by atoms with E-state index in [-0.39, 0.29) is 47.5 Å². The first-order valence-corrected chi connectivity index (χ1v) is 19.7. The molecule has 0 radical (unpaired) electrons. The Bertz CT molecular complexity index is 2180. The van der Waals surface area contributed by atoms with Crippen LogP contribution in [0.5, 0.6) is 5.75 Å². The molecule has 3 aromatic heterocycles. The zero-order valence-electron chi connectivity index (χ0n) is 28.9. The van der Waals surface area contributed by atoms with Crippen molar-refractivity contribution in [3.8, 4) is 17.0 Å². The molecular formula is C37H39F3N6O6S. The Kier molecular flexibility index (Phi) is 8.65. The number of rotatable bonds is 8. The van der Waals surface area contributed by atoms with E-state index in [0.29, 0.717) is 66.9 Å². The average molecular weight is 753 g/mol. The van der Waals surface area contributed by atoms with E-state index in [9.17, 15) is 36.3 Å². The number of alkyl halides is 3. The number of hydrogen-bond donors (Lipinski definition) is 2. The molecule has 4 aliphatic rings. The molecule has 0 spiro atoms. The van der Waals surface area contributed by atoms with Gasteiger partial charge in [-0.05, 0) is 73.8 Å². The highest BCUT2D eigenvalue weighted by atomic mass is 32.2. The van der Waals surface area contributed by atoms with Crippen LogP contribution < -0.4 is 15.0 Å². The summed E-state index contributed by atoms with van der Waals surface area (Å²) >= 11 is 0. The van der Waals surface area contributed by atoms with Crippen LogP contribution >= 0.6 is 0 Å². The van der Waals surface area contributed by atoms with Gasteiger partial charge in [-0.2, -0.15) is 13.2 Å². The van der Waals surface area contributed by atoms with Crippen molar-refractivity contribution >= 4 is 38.6 Å². The Labute approximate surface area is 303 Å². The normalized spacial score (nSPS) is 26.0. The van der Waals surface area contributed by atoms with Gasteiger partial charge in [-0.1, -0.05) is 6.92 Å². The summed E-state index contributed by atoms with van der Waals surface area (Å²) in [5.74, 6) is -1.49. The number of benzene rings is 1. The predicted molar refractivity (Wildman–Crippen MR) is 188 cm³/mol. The number of pyridine rings is 1. The number of ether oxygens (including phenoxy) is 1. The van der Waals surface area contributed by atoms with Crippen LogP contribution in [-0.2, 0) is 20.8 Å². The van der Waals surface area contributed by atoms with Crippen molar-refractivity contribution in [3.05, 3.63) is 66.2 Å². The number of anilines is 1. The summed E-state index contributed by atoms with van der Waals surface area (Å²) in [6.07, 6.45) is 3.40. The maximum atomic E-state index is 14.7. The van der Waals surface area contributed by atoms with Crippen molar-refractivity contribution in [2.75, 3.05) is 29.5 Å². The molecule has 2 bridgehead atoms. The molecule has 4 atom stereocenters. The number of carbonyl (C=O) groups is 2. The Hall–Kier alpha value is -4.73. The first kappa shape index (κ1) is 35.3. The van der Waals surface area contributed by atoms with Crippen LogP contribution in [0.3, 0.4) is 0 Å². The molecule has 1 amide bonds. The number of piperidine rings is 1. The lowest BCUT2D eigenvalue weighted by Gasteiger charge is -2.33. The van der Waals surface area contributed by atoms with E-state index in [1.807, 2.05) is 6.92 Å². The first-order chi connectivity index (χ1) is 25.2.